The minimum Gasteiger partial charge on any atom is -0.477 e. The van der Waals surface area contributed by atoms with E-state index in [1.807, 2.05) is 0 Å². The predicted octanol–water partition coefficient (Wildman–Crippen LogP) is 2.49. The van der Waals surface area contributed by atoms with E-state index in [1.54, 1.807) is 6.07 Å². The SMILES string of the molecule is CN1CCC(COc2ncnc3cc(F)ccc23)CC1. The van der Waals surface area contributed by atoms with E-state index >= 15 is 0 Å². The molecule has 3 rings (SSSR count). The van der Waals surface area contributed by atoms with Crippen LogP contribution < -0.4 is 4.74 Å². The highest BCUT2D eigenvalue weighted by molar-refractivity contribution is 5.83. The summed E-state index contributed by atoms with van der Waals surface area (Å²) < 4.78 is 19.0. The van der Waals surface area contributed by atoms with Crippen LogP contribution in [0, 0.1) is 11.7 Å². The maximum Gasteiger partial charge on any atom is 0.224 e. The van der Waals surface area contributed by atoms with Crippen molar-refractivity contribution in [1.29, 1.82) is 0 Å². The first-order valence-corrected chi connectivity index (χ1v) is 6.94. The van der Waals surface area contributed by atoms with E-state index in [4.69, 9.17) is 4.74 Å². The van der Waals surface area contributed by atoms with E-state index < -0.39 is 0 Å². The van der Waals surface area contributed by atoms with E-state index in [9.17, 15) is 4.39 Å². The fourth-order valence-electron chi connectivity index (χ4n) is 2.55. The summed E-state index contributed by atoms with van der Waals surface area (Å²) in [5, 5.41) is 0.766. The highest BCUT2D eigenvalue weighted by Gasteiger charge is 2.18. The van der Waals surface area contributed by atoms with Crippen molar-refractivity contribution >= 4 is 10.9 Å². The summed E-state index contributed by atoms with van der Waals surface area (Å²) in [4.78, 5) is 10.6. The number of fused-ring (bicyclic) bond motifs is 1. The van der Waals surface area contributed by atoms with Crippen LogP contribution in [0.3, 0.4) is 0 Å². The average molecular weight is 275 g/mol. The third kappa shape index (κ3) is 2.88. The van der Waals surface area contributed by atoms with Crippen molar-refractivity contribution in [3.8, 4) is 5.88 Å². The van der Waals surface area contributed by atoms with Crippen LogP contribution in [-0.2, 0) is 0 Å². The Bertz CT molecular complexity index is 597. The Balaban J connectivity index is 1.71. The normalized spacial score (nSPS) is 17.5. The molecule has 0 atom stereocenters. The van der Waals surface area contributed by atoms with Crippen molar-refractivity contribution in [2.45, 2.75) is 12.8 Å². The molecule has 1 aromatic carbocycles. The second-order valence-electron chi connectivity index (χ2n) is 5.40. The van der Waals surface area contributed by atoms with Gasteiger partial charge in [-0.25, -0.2) is 14.4 Å². The third-order valence-electron chi connectivity index (χ3n) is 3.86. The topological polar surface area (TPSA) is 38.2 Å². The van der Waals surface area contributed by atoms with Gasteiger partial charge in [-0.15, -0.1) is 0 Å². The summed E-state index contributed by atoms with van der Waals surface area (Å²) in [7, 11) is 2.14. The predicted molar refractivity (Wildman–Crippen MR) is 75.2 cm³/mol. The van der Waals surface area contributed by atoms with Crippen LogP contribution in [0.1, 0.15) is 12.8 Å². The van der Waals surface area contributed by atoms with Gasteiger partial charge in [-0.2, -0.15) is 0 Å². The number of nitrogens with zero attached hydrogens (tertiary/aromatic N) is 3. The average Bonchev–Trinajstić information content (AvgIpc) is 2.46. The van der Waals surface area contributed by atoms with Crippen molar-refractivity contribution in [2.24, 2.45) is 5.92 Å². The summed E-state index contributed by atoms with van der Waals surface area (Å²) in [5.41, 5.74) is 0.582. The Hall–Kier alpha value is -1.75. The van der Waals surface area contributed by atoms with E-state index in [0.717, 1.165) is 31.3 Å². The quantitative estimate of drug-likeness (QED) is 0.862. The molecule has 2 heterocycles. The molecule has 5 heteroatoms. The molecule has 0 aliphatic carbocycles. The van der Waals surface area contributed by atoms with Gasteiger partial charge < -0.3 is 9.64 Å². The van der Waals surface area contributed by atoms with Crippen LogP contribution in [0.15, 0.2) is 24.5 Å². The third-order valence-corrected chi connectivity index (χ3v) is 3.86. The Labute approximate surface area is 117 Å². The summed E-state index contributed by atoms with van der Waals surface area (Å²) in [6, 6.07) is 4.49. The first-order valence-electron chi connectivity index (χ1n) is 6.94. The van der Waals surface area contributed by atoms with Gasteiger partial charge in [0.25, 0.3) is 0 Å². The number of hydrogen-bond acceptors (Lipinski definition) is 4. The number of halogens is 1. The first-order chi connectivity index (χ1) is 9.72. The van der Waals surface area contributed by atoms with Gasteiger partial charge in [0.1, 0.15) is 12.1 Å². The highest BCUT2D eigenvalue weighted by atomic mass is 19.1. The molecule has 0 spiro atoms. The van der Waals surface area contributed by atoms with Crippen LogP contribution in [0.25, 0.3) is 10.9 Å². The van der Waals surface area contributed by atoms with Crippen LogP contribution in [-0.4, -0.2) is 41.6 Å². The summed E-state index contributed by atoms with van der Waals surface area (Å²) in [5.74, 6) is 0.822. The monoisotopic (exact) mass is 275 g/mol. The molecule has 1 fully saturated rings. The molecule has 1 aliphatic heterocycles. The van der Waals surface area contributed by atoms with E-state index in [1.165, 1.54) is 18.5 Å². The van der Waals surface area contributed by atoms with Crippen molar-refractivity contribution in [3.63, 3.8) is 0 Å². The Kier molecular flexibility index (Phi) is 3.78. The maximum atomic E-state index is 13.2. The lowest BCUT2D eigenvalue weighted by Gasteiger charge is -2.28. The smallest absolute Gasteiger partial charge is 0.224 e. The second kappa shape index (κ2) is 5.71. The van der Waals surface area contributed by atoms with Crippen molar-refractivity contribution in [3.05, 3.63) is 30.3 Å². The van der Waals surface area contributed by atoms with Crippen molar-refractivity contribution < 1.29 is 9.13 Å². The van der Waals surface area contributed by atoms with Crippen LogP contribution >= 0.6 is 0 Å². The lowest BCUT2D eigenvalue weighted by atomic mass is 9.98. The summed E-state index contributed by atoms with van der Waals surface area (Å²) in [6.45, 7) is 2.89. The van der Waals surface area contributed by atoms with Gasteiger partial charge >= 0.3 is 0 Å². The molecule has 2 aromatic rings. The molecule has 1 aliphatic rings. The number of benzene rings is 1. The maximum absolute atomic E-state index is 13.2. The highest BCUT2D eigenvalue weighted by Crippen LogP contribution is 2.24. The van der Waals surface area contributed by atoms with Crippen LogP contribution in [0.2, 0.25) is 0 Å². The molecule has 0 radical (unpaired) electrons. The molecule has 0 N–H and O–H groups in total. The minimum atomic E-state index is -0.294. The lowest BCUT2D eigenvalue weighted by molar-refractivity contribution is 0.158. The van der Waals surface area contributed by atoms with Gasteiger partial charge in [0.05, 0.1) is 17.5 Å². The molecule has 106 valence electrons. The van der Waals surface area contributed by atoms with Gasteiger partial charge in [0, 0.05) is 6.07 Å². The fourth-order valence-corrected chi connectivity index (χ4v) is 2.55. The summed E-state index contributed by atoms with van der Waals surface area (Å²) in [6.07, 6.45) is 3.72. The minimum absolute atomic E-state index is 0.294. The molecule has 4 nitrogen and oxygen atoms in total. The van der Waals surface area contributed by atoms with E-state index in [2.05, 4.69) is 21.9 Å². The molecular formula is C15H18FN3O. The standard InChI is InChI=1S/C15H18FN3O/c1-19-6-4-11(5-7-19)9-20-15-13-3-2-12(16)8-14(13)17-10-18-15/h2-3,8,10-11H,4-7,9H2,1H3. The second-order valence-corrected chi connectivity index (χ2v) is 5.40. The zero-order valence-corrected chi connectivity index (χ0v) is 11.6. The Morgan fingerprint density at radius 2 is 2.10 bits per heavy atom. The van der Waals surface area contributed by atoms with Gasteiger partial charge in [0.2, 0.25) is 5.88 Å². The van der Waals surface area contributed by atoms with Gasteiger partial charge in [0.15, 0.2) is 0 Å². The molecule has 1 saturated heterocycles. The van der Waals surface area contributed by atoms with Crippen molar-refractivity contribution in [1.82, 2.24) is 14.9 Å². The first kappa shape index (κ1) is 13.2. The molecule has 0 saturated carbocycles. The molecular weight excluding hydrogens is 257 g/mol. The molecule has 1 aromatic heterocycles. The van der Waals surface area contributed by atoms with E-state index in [-0.39, 0.29) is 5.82 Å². The van der Waals surface area contributed by atoms with Gasteiger partial charge in [-0.3, -0.25) is 0 Å². The summed E-state index contributed by atoms with van der Waals surface area (Å²) >= 11 is 0. The largest absolute Gasteiger partial charge is 0.477 e. The van der Waals surface area contributed by atoms with Crippen LogP contribution in [0.4, 0.5) is 4.39 Å². The molecule has 20 heavy (non-hydrogen) atoms. The molecule has 0 bridgehead atoms. The number of hydrogen-bond donors (Lipinski definition) is 0. The van der Waals surface area contributed by atoms with Crippen LogP contribution in [0.5, 0.6) is 5.88 Å². The zero-order valence-electron chi connectivity index (χ0n) is 11.6. The van der Waals surface area contributed by atoms with Gasteiger partial charge in [-0.1, -0.05) is 0 Å². The fraction of sp³-hybridized carbons (Fsp3) is 0.467. The van der Waals surface area contributed by atoms with Crippen molar-refractivity contribution in [2.75, 3.05) is 26.7 Å². The number of ether oxygens (including phenoxy) is 1. The van der Waals surface area contributed by atoms with E-state index in [0.29, 0.717) is 23.9 Å². The number of rotatable bonds is 3. The zero-order chi connectivity index (χ0) is 13.9. The molecule has 0 amide bonds. The Morgan fingerprint density at radius 1 is 1.30 bits per heavy atom. The number of piperidine rings is 1. The number of aromatic nitrogens is 2. The lowest BCUT2D eigenvalue weighted by Crippen LogP contribution is -2.32. The number of likely N-dealkylation sites (tertiary alicyclic amines) is 1. The molecule has 0 unspecified atom stereocenters. The van der Waals surface area contributed by atoms with Gasteiger partial charge in [-0.05, 0) is 51.0 Å². The Morgan fingerprint density at radius 3 is 2.90 bits per heavy atom.